The quantitative estimate of drug-likeness (QED) is 0.802. The van der Waals surface area contributed by atoms with Crippen molar-refractivity contribution in [1.82, 2.24) is 14.8 Å². The molecule has 0 aliphatic rings. The van der Waals surface area contributed by atoms with Gasteiger partial charge in [-0.1, -0.05) is 0 Å². The van der Waals surface area contributed by atoms with E-state index < -0.39 is 0 Å². The molecule has 1 aromatic carbocycles. The SMILES string of the molecule is Cc1cc(C)n(CC(=O)Nc2ccc3oc(C)nc3c2)n1. The van der Waals surface area contributed by atoms with Crippen molar-refractivity contribution in [3.63, 3.8) is 0 Å². The van der Waals surface area contributed by atoms with E-state index in [9.17, 15) is 4.79 Å². The van der Waals surface area contributed by atoms with Gasteiger partial charge in [-0.15, -0.1) is 0 Å². The second-order valence-electron chi connectivity index (χ2n) is 5.05. The molecule has 2 aromatic heterocycles. The molecule has 0 aliphatic carbocycles. The second-order valence-corrected chi connectivity index (χ2v) is 5.05. The highest BCUT2D eigenvalue weighted by Gasteiger charge is 2.09. The third-order valence-corrected chi connectivity index (χ3v) is 3.17. The molecule has 6 nitrogen and oxygen atoms in total. The average Bonchev–Trinajstić information content (AvgIpc) is 2.90. The van der Waals surface area contributed by atoms with Gasteiger partial charge in [0, 0.05) is 18.3 Å². The van der Waals surface area contributed by atoms with E-state index in [0.29, 0.717) is 17.2 Å². The summed E-state index contributed by atoms with van der Waals surface area (Å²) in [5, 5.41) is 7.12. The first-order valence-electron chi connectivity index (χ1n) is 6.69. The summed E-state index contributed by atoms with van der Waals surface area (Å²) in [5.41, 5.74) is 4.01. The topological polar surface area (TPSA) is 73.0 Å². The Morgan fingerprint density at radius 2 is 2.10 bits per heavy atom. The van der Waals surface area contributed by atoms with Crippen molar-refractivity contribution < 1.29 is 9.21 Å². The molecule has 0 bridgehead atoms. The fourth-order valence-electron chi connectivity index (χ4n) is 2.29. The predicted molar refractivity (Wildman–Crippen MR) is 79.1 cm³/mol. The highest BCUT2D eigenvalue weighted by Crippen LogP contribution is 2.19. The van der Waals surface area contributed by atoms with Crippen molar-refractivity contribution in [1.29, 1.82) is 0 Å². The maximum atomic E-state index is 12.1. The number of amides is 1. The summed E-state index contributed by atoms with van der Waals surface area (Å²) in [6.07, 6.45) is 0. The fourth-order valence-corrected chi connectivity index (χ4v) is 2.29. The number of aryl methyl sites for hydroxylation is 3. The van der Waals surface area contributed by atoms with Gasteiger partial charge in [0.05, 0.1) is 5.69 Å². The Bertz CT molecular complexity index is 816. The minimum Gasteiger partial charge on any atom is -0.441 e. The Kier molecular flexibility index (Phi) is 3.21. The van der Waals surface area contributed by atoms with E-state index in [1.165, 1.54) is 0 Å². The van der Waals surface area contributed by atoms with E-state index in [-0.39, 0.29) is 12.5 Å². The van der Waals surface area contributed by atoms with Crippen LogP contribution in [-0.2, 0) is 11.3 Å². The number of hydrogen-bond donors (Lipinski definition) is 1. The predicted octanol–water partition coefficient (Wildman–Crippen LogP) is 2.59. The summed E-state index contributed by atoms with van der Waals surface area (Å²) < 4.78 is 7.09. The van der Waals surface area contributed by atoms with Gasteiger partial charge in [0.2, 0.25) is 5.91 Å². The summed E-state index contributed by atoms with van der Waals surface area (Å²) in [6, 6.07) is 7.34. The van der Waals surface area contributed by atoms with E-state index in [1.807, 2.05) is 19.9 Å². The van der Waals surface area contributed by atoms with E-state index in [4.69, 9.17) is 4.42 Å². The van der Waals surface area contributed by atoms with Crippen LogP contribution in [0.15, 0.2) is 28.7 Å². The van der Waals surface area contributed by atoms with Gasteiger partial charge in [0.15, 0.2) is 11.5 Å². The van der Waals surface area contributed by atoms with Crippen molar-refractivity contribution in [2.45, 2.75) is 27.3 Å². The smallest absolute Gasteiger partial charge is 0.246 e. The number of nitrogens with one attached hydrogen (secondary N) is 1. The van der Waals surface area contributed by atoms with Gasteiger partial charge in [-0.05, 0) is 38.1 Å². The number of fused-ring (bicyclic) bond motifs is 1. The molecule has 0 saturated carbocycles. The largest absolute Gasteiger partial charge is 0.441 e. The number of oxazole rings is 1. The lowest BCUT2D eigenvalue weighted by atomic mass is 10.3. The van der Waals surface area contributed by atoms with Crippen molar-refractivity contribution in [3.05, 3.63) is 41.5 Å². The molecular weight excluding hydrogens is 268 g/mol. The molecule has 0 fully saturated rings. The minimum absolute atomic E-state index is 0.124. The summed E-state index contributed by atoms with van der Waals surface area (Å²) in [7, 11) is 0. The lowest BCUT2D eigenvalue weighted by molar-refractivity contribution is -0.116. The molecule has 3 aromatic rings. The molecule has 2 heterocycles. The molecule has 0 radical (unpaired) electrons. The van der Waals surface area contributed by atoms with Gasteiger partial charge in [0.1, 0.15) is 12.1 Å². The van der Waals surface area contributed by atoms with Gasteiger partial charge in [-0.2, -0.15) is 5.10 Å². The number of carbonyl (C=O) groups is 1. The molecule has 0 atom stereocenters. The highest BCUT2D eigenvalue weighted by atomic mass is 16.3. The lowest BCUT2D eigenvalue weighted by Gasteiger charge is -2.06. The van der Waals surface area contributed by atoms with Crippen LogP contribution in [0.25, 0.3) is 11.1 Å². The molecule has 0 aliphatic heterocycles. The fraction of sp³-hybridized carbons (Fsp3) is 0.267. The number of benzene rings is 1. The van der Waals surface area contributed by atoms with Gasteiger partial charge in [-0.3, -0.25) is 9.48 Å². The first-order valence-corrected chi connectivity index (χ1v) is 6.69. The standard InChI is InChI=1S/C15H16N4O2/c1-9-6-10(2)19(18-9)8-15(20)17-12-4-5-14-13(7-12)16-11(3)21-14/h4-7H,8H2,1-3H3,(H,17,20). The number of hydrogen-bond acceptors (Lipinski definition) is 4. The number of aromatic nitrogens is 3. The normalized spacial score (nSPS) is 11.0. The van der Waals surface area contributed by atoms with Crippen LogP contribution in [-0.4, -0.2) is 20.7 Å². The number of nitrogens with zero attached hydrogens (tertiary/aromatic N) is 3. The first kappa shape index (κ1) is 13.4. The number of rotatable bonds is 3. The van der Waals surface area contributed by atoms with E-state index in [2.05, 4.69) is 15.4 Å². The van der Waals surface area contributed by atoms with Crippen LogP contribution in [0.2, 0.25) is 0 Å². The zero-order chi connectivity index (χ0) is 15.0. The van der Waals surface area contributed by atoms with Crippen LogP contribution in [0.3, 0.4) is 0 Å². The number of carbonyl (C=O) groups excluding carboxylic acids is 1. The Morgan fingerprint density at radius 3 is 2.81 bits per heavy atom. The molecular formula is C15H16N4O2. The lowest BCUT2D eigenvalue weighted by Crippen LogP contribution is -2.20. The van der Waals surface area contributed by atoms with Crippen molar-refractivity contribution in [2.75, 3.05) is 5.32 Å². The molecule has 0 unspecified atom stereocenters. The summed E-state index contributed by atoms with van der Waals surface area (Å²) in [4.78, 5) is 16.3. The molecule has 6 heteroatoms. The van der Waals surface area contributed by atoms with Gasteiger partial charge in [0.25, 0.3) is 0 Å². The number of anilines is 1. The molecule has 21 heavy (non-hydrogen) atoms. The van der Waals surface area contributed by atoms with Crippen molar-refractivity contribution in [2.24, 2.45) is 0 Å². The second kappa shape index (κ2) is 5.05. The van der Waals surface area contributed by atoms with Crippen LogP contribution < -0.4 is 5.32 Å². The monoisotopic (exact) mass is 284 g/mol. The maximum Gasteiger partial charge on any atom is 0.246 e. The molecule has 3 rings (SSSR count). The van der Waals surface area contributed by atoms with E-state index in [1.54, 1.807) is 29.8 Å². The maximum absolute atomic E-state index is 12.1. The summed E-state index contributed by atoms with van der Waals surface area (Å²) in [6.45, 7) is 5.82. The molecule has 0 spiro atoms. The Labute approximate surface area is 121 Å². The Balaban J connectivity index is 1.75. The van der Waals surface area contributed by atoms with Gasteiger partial charge < -0.3 is 9.73 Å². The molecule has 1 amide bonds. The van der Waals surface area contributed by atoms with Crippen molar-refractivity contribution in [3.8, 4) is 0 Å². The summed E-state index contributed by atoms with van der Waals surface area (Å²) in [5.74, 6) is 0.483. The third kappa shape index (κ3) is 2.79. The zero-order valence-corrected chi connectivity index (χ0v) is 12.2. The third-order valence-electron chi connectivity index (χ3n) is 3.17. The Morgan fingerprint density at radius 1 is 1.29 bits per heavy atom. The van der Waals surface area contributed by atoms with Crippen LogP contribution >= 0.6 is 0 Å². The van der Waals surface area contributed by atoms with Crippen molar-refractivity contribution >= 4 is 22.7 Å². The highest BCUT2D eigenvalue weighted by molar-refractivity contribution is 5.92. The van der Waals surface area contributed by atoms with Gasteiger partial charge >= 0.3 is 0 Å². The molecule has 1 N–H and O–H groups in total. The minimum atomic E-state index is -0.124. The van der Waals surface area contributed by atoms with E-state index in [0.717, 1.165) is 16.9 Å². The molecule has 0 saturated heterocycles. The summed E-state index contributed by atoms with van der Waals surface area (Å²) >= 11 is 0. The molecule has 108 valence electrons. The average molecular weight is 284 g/mol. The van der Waals surface area contributed by atoms with Crippen LogP contribution in [0.1, 0.15) is 17.3 Å². The van der Waals surface area contributed by atoms with Crippen LogP contribution in [0.5, 0.6) is 0 Å². The zero-order valence-electron chi connectivity index (χ0n) is 12.2. The van der Waals surface area contributed by atoms with Gasteiger partial charge in [-0.25, -0.2) is 4.98 Å². The van der Waals surface area contributed by atoms with E-state index >= 15 is 0 Å². The van der Waals surface area contributed by atoms with Crippen LogP contribution in [0, 0.1) is 20.8 Å². The van der Waals surface area contributed by atoms with Crippen LogP contribution in [0.4, 0.5) is 5.69 Å². The Hall–Kier alpha value is -2.63. The first-order chi connectivity index (χ1) is 10.0.